The van der Waals surface area contributed by atoms with E-state index < -0.39 is 0 Å². The van der Waals surface area contributed by atoms with E-state index in [1.54, 1.807) is 31.0 Å². The number of para-hydroxylation sites is 3. The molecule has 4 aromatic carbocycles. The number of rotatable bonds is 8. The summed E-state index contributed by atoms with van der Waals surface area (Å²) in [5.74, 6) is 2.84. The van der Waals surface area contributed by atoms with Crippen LogP contribution < -0.4 is 0 Å². The molecule has 0 aliphatic rings. The predicted octanol–water partition coefficient (Wildman–Crippen LogP) is 8.19. The lowest BCUT2D eigenvalue weighted by Gasteiger charge is -2.15. The highest BCUT2D eigenvalue weighted by atomic mass is 15.2. The SMILES string of the molecule is C=Nc1nc(-c2cc(-c3nc4nccnc4n3-c3ccccc3)cc(-c3nc4nccnc4n3-c3ccccc3)c2)n(-c2ccccc2)c1N=CC. The summed E-state index contributed by atoms with van der Waals surface area (Å²) in [7, 11) is 0. The topological polar surface area (TPSA) is 130 Å². The highest BCUT2D eigenvalue weighted by Crippen LogP contribution is 2.40. The third-order valence-electron chi connectivity index (χ3n) is 8.58. The summed E-state index contributed by atoms with van der Waals surface area (Å²) in [6.07, 6.45) is 8.37. The molecule has 52 heavy (non-hydrogen) atoms. The molecule has 0 aliphatic heterocycles. The van der Waals surface area contributed by atoms with Crippen LogP contribution in [0.5, 0.6) is 0 Å². The monoisotopic (exact) mass is 676 g/mol. The number of benzene rings is 4. The van der Waals surface area contributed by atoms with Gasteiger partial charge in [-0.25, -0.2) is 44.9 Å². The molecular formula is C40H28N12. The molecule has 0 atom stereocenters. The van der Waals surface area contributed by atoms with Gasteiger partial charge >= 0.3 is 0 Å². The van der Waals surface area contributed by atoms with Crippen LogP contribution in [0.25, 0.3) is 73.8 Å². The van der Waals surface area contributed by atoms with Crippen molar-refractivity contribution >= 4 is 47.2 Å². The van der Waals surface area contributed by atoms with E-state index in [-0.39, 0.29) is 0 Å². The van der Waals surface area contributed by atoms with Crippen molar-refractivity contribution in [3.8, 4) is 51.2 Å². The van der Waals surface area contributed by atoms with Crippen molar-refractivity contribution in [2.45, 2.75) is 6.92 Å². The van der Waals surface area contributed by atoms with Crippen LogP contribution >= 0.6 is 0 Å². The molecule has 9 rings (SSSR count). The average Bonchev–Trinajstić information content (AvgIpc) is 3.91. The van der Waals surface area contributed by atoms with E-state index in [4.69, 9.17) is 29.9 Å². The number of hydrogen-bond donors (Lipinski definition) is 0. The summed E-state index contributed by atoms with van der Waals surface area (Å²) >= 11 is 0. The Hall–Kier alpha value is -7.47. The summed E-state index contributed by atoms with van der Waals surface area (Å²) in [5.41, 5.74) is 7.25. The molecule has 12 heteroatoms. The molecule has 0 saturated carbocycles. The van der Waals surface area contributed by atoms with E-state index in [2.05, 4.69) is 39.9 Å². The lowest BCUT2D eigenvalue weighted by molar-refractivity contribution is 1.05. The molecule has 0 aliphatic carbocycles. The maximum atomic E-state index is 5.06. The van der Waals surface area contributed by atoms with Crippen molar-refractivity contribution in [3.63, 3.8) is 0 Å². The summed E-state index contributed by atoms with van der Waals surface area (Å²) in [6.45, 7) is 5.69. The fourth-order valence-corrected chi connectivity index (χ4v) is 6.43. The second-order valence-electron chi connectivity index (χ2n) is 11.7. The van der Waals surface area contributed by atoms with Crippen LogP contribution in [0.15, 0.2) is 144 Å². The quantitative estimate of drug-likeness (QED) is 0.148. The van der Waals surface area contributed by atoms with E-state index >= 15 is 0 Å². The molecule has 5 heterocycles. The van der Waals surface area contributed by atoms with Gasteiger partial charge in [0.1, 0.15) is 17.5 Å². The Kier molecular flexibility index (Phi) is 7.51. The maximum Gasteiger partial charge on any atom is 0.198 e. The lowest BCUT2D eigenvalue weighted by Crippen LogP contribution is -2.02. The molecule has 12 nitrogen and oxygen atoms in total. The normalized spacial score (nSPS) is 11.6. The van der Waals surface area contributed by atoms with E-state index in [0.717, 1.165) is 33.8 Å². The molecule has 0 saturated heterocycles. The van der Waals surface area contributed by atoms with Gasteiger partial charge in [0.05, 0.1) is 0 Å². The van der Waals surface area contributed by atoms with Crippen LogP contribution in [-0.2, 0) is 0 Å². The highest BCUT2D eigenvalue weighted by molar-refractivity contribution is 5.85. The van der Waals surface area contributed by atoms with Crippen molar-refractivity contribution in [1.29, 1.82) is 0 Å². The number of aliphatic imine (C=N–C) groups is 2. The van der Waals surface area contributed by atoms with Crippen LogP contribution in [-0.4, -0.2) is 61.5 Å². The molecule has 0 radical (unpaired) electrons. The van der Waals surface area contributed by atoms with E-state index in [9.17, 15) is 0 Å². The Bertz CT molecular complexity index is 2630. The fraction of sp³-hybridized carbons (Fsp3) is 0.0250. The van der Waals surface area contributed by atoms with Gasteiger partial charge in [-0.15, -0.1) is 0 Å². The summed E-state index contributed by atoms with van der Waals surface area (Å²) in [5, 5.41) is 0. The smallest absolute Gasteiger partial charge is 0.198 e. The second kappa shape index (κ2) is 12.8. The minimum atomic E-state index is 0.402. The molecule has 0 fully saturated rings. The first-order chi connectivity index (χ1) is 25.7. The zero-order valence-electron chi connectivity index (χ0n) is 27.9. The molecule has 0 unspecified atom stereocenters. The first-order valence-corrected chi connectivity index (χ1v) is 16.5. The van der Waals surface area contributed by atoms with Crippen molar-refractivity contribution in [2.24, 2.45) is 9.98 Å². The summed E-state index contributed by atoms with van der Waals surface area (Å²) in [4.78, 5) is 42.7. The van der Waals surface area contributed by atoms with E-state index in [1.807, 2.05) is 112 Å². The predicted molar refractivity (Wildman–Crippen MR) is 203 cm³/mol. The van der Waals surface area contributed by atoms with Crippen LogP contribution in [0.3, 0.4) is 0 Å². The molecule has 248 valence electrons. The van der Waals surface area contributed by atoms with Gasteiger partial charge in [-0.05, 0) is 68.2 Å². The third kappa shape index (κ3) is 5.13. The number of fused-ring (bicyclic) bond motifs is 2. The van der Waals surface area contributed by atoms with Crippen molar-refractivity contribution < 1.29 is 0 Å². The molecule has 0 spiro atoms. The number of imidazole rings is 3. The Morgan fingerprint density at radius 1 is 0.519 bits per heavy atom. The standard InChI is InChI=1S/C40H28N12/c1-3-42-38-32(41-2)47-35(50(38)29-13-7-4-8-14-29)26-23-27(36-48-33-39(45-21-19-43-33)51(36)30-15-9-5-10-16-30)25-28(24-26)37-49-34-40(46-22-20-44-34)52(37)31-17-11-6-12-18-31/h3-25H,2H2,1H3. The van der Waals surface area contributed by atoms with E-state index in [0.29, 0.717) is 51.7 Å². The second-order valence-corrected chi connectivity index (χ2v) is 11.7. The number of nitrogens with zero attached hydrogens (tertiary/aromatic N) is 12. The summed E-state index contributed by atoms with van der Waals surface area (Å²) < 4.78 is 6.02. The molecule has 9 aromatic rings. The van der Waals surface area contributed by atoms with Crippen molar-refractivity contribution in [2.75, 3.05) is 0 Å². The molecule has 5 aromatic heterocycles. The van der Waals surface area contributed by atoms with Crippen LogP contribution in [0.1, 0.15) is 6.92 Å². The Labute approximate surface area is 297 Å². The highest BCUT2D eigenvalue weighted by Gasteiger charge is 2.25. The largest absolute Gasteiger partial charge is 0.275 e. The van der Waals surface area contributed by atoms with Gasteiger partial charge in [0, 0.05) is 64.8 Å². The summed E-state index contributed by atoms with van der Waals surface area (Å²) in [6, 6.07) is 36.1. The molecular weight excluding hydrogens is 649 g/mol. The zero-order valence-corrected chi connectivity index (χ0v) is 27.9. The van der Waals surface area contributed by atoms with Crippen LogP contribution in [0.4, 0.5) is 11.6 Å². The minimum Gasteiger partial charge on any atom is -0.275 e. The number of hydrogen-bond acceptors (Lipinski definition) is 9. The lowest BCUT2D eigenvalue weighted by atomic mass is 10.0. The van der Waals surface area contributed by atoms with Gasteiger partial charge in [0.15, 0.2) is 34.2 Å². The zero-order chi connectivity index (χ0) is 35.0. The van der Waals surface area contributed by atoms with Gasteiger partial charge in [0.2, 0.25) is 0 Å². The van der Waals surface area contributed by atoms with Gasteiger partial charge in [-0.2, -0.15) is 0 Å². The molecule has 0 bridgehead atoms. The minimum absolute atomic E-state index is 0.402. The maximum absolute atomic E-state index is 5.06. The molecule has 0 amide bonds. The van der Waals surface area contributed by atoms with Crippen molar-refractivity contribution in [1.82, 2.24) is 48.6 Å². The van der Waals surface area contributed by atoms with Gasteiger partial charge in [-0.1, -0.05) is 54.6 Å². The fourth-order valence-electron chi connectivity index (χ4n) is 6.43. The van der Waals surface area contributed by atoms with Crippen LogP contribution in [0, 0.1) is 0 Å². The van der Waals surface area contributed by atoms with Crippen LogP contribution in [0.2, 0.25) is 0 Å². The van der Waals surface area contributed by atoms with Gasteiger partial charge < -0.3 is 0 Å². The average molecular weight is 677 g/mol. The Morgan fingerprint density at radius 2 is 0.923 bits per heavy atom. The van der Waals surface area contributed by atoms with Gasteiger partial charge in [-0.3, -0.25) is 13.7 Å². The Morgan fingerprint density at radius 3 is 1.35 bits per heavy atom. The van der Waals surface area contributed by atoms with E-state index in [1.165, 1.54) is 0 Å². The van der Waals surface area contributed by atoms with Crippen molar-refractivity contribution in [3.05, 3.63) is 134 Å². The Balaban J connectivity index is 1.39. The molecule has 0 N–H and O–H groups in total. The first kappa shape index (κ1) is 30.6. The first-order valence-electron chi connectivity index (χ1n) is 16.5. The van der Waals surface area contributed by atoms with Gasteiger partial charge in [0.25, 0.3) is 0 Å². The third-order valence-corrected chi connectivity index (χ3v) is 8.58. The number of aromatic nitrogens is 10.